The number of aldehydes is 1. The van der Waals surface area contributed by atoms with Crippen LogP contribution in [0.1, 0.15) is 10.4 Å². The van der Waals surface area contributed by atoms with Crippen LogP contribution in [0.15, 0.2) is 109 Å². The molecule has 0 unspecified atom stereocenters. The van der Waals surface area contributed by atoms with Crippen molar-refractivity contribution in [2.45, 2.75) is 0 Å². The first-order chi connectivity index (χ1) is 15.3. The molecule has 0 saturated carbocycles. The Bertz CT molecular complexity index is 1520. The highest BCUT2D eigenvalue weighted by atomic mass is 16.1. The maximum Gasteiger partial charge on any atom is 0.150 e. The lowest BCUT2D eigenvalue weighted by molar-refractivity contribution is 0.112. The first-order valence-electron chi connectivity index (χ1n) is 10.4. The highest BCUT2D eigenvalue weighted by Gasteiger charge is 2.17. The summed E-state index contributed by atoms with van der Waals surface area (Å²) in [5, 5.41) is 7.57. The summed E-state index contributed by atoms with van der Waals surface area (Å²) in [6.07, 6.45) is 0.882. The molecule has 0 aliphatic carbocycles. The van der Waals surface area contributed by atoms with Gasteiger partial charge in [-0.3, -0.25) is 4.79 Å². The molecule has 2 heteroatoms. The standard InChI is InChI=1S/C29H19NO/c31-19-20-9-15-25(16-10-20)30(24-7-2-1-3-8-24)27-18-14-23-12-11-21-5-4-6-22-13-17-26(27)29(23)28(21)22/h1-19H. The molecule has 6 rings (SSSR count). The Balaban J connectivity index is 1.68. The zero-order valence-corrected chi connectivity index (χ0v) is 16.8. The second kappa shape index (κ2) is 6.96. The van der Waals surface area contributed by atoms with Crippen molar-refractivity contribution in [2.24, 2.45) is 0 Å². The van der Waals surface area contributed by atoms with Gasteiger partial charge in [-0.15, -0.1) is 0 Å². The molecule has 0 N–H and O–H groups in total. The lowest BCUT2D eigenvalue weighted by Crippen LogP contribution is -2.10. The molecule has 0 heterocycles. The van der Waals surface area contributed by atoms with E-state index in [9.17, 15) is 4.79 Å². The Morgan fingerprint density at radius 3 is 1.84 bits per heavy atom. The molecule has 2 nitrogen and oxygen atoms in total. The third-order valence-electron chi connectivity index (χ3n) is 6.05. The van der Waals surface area contributed by atoms with E-state index in [2.05, 4.69) is 83.8 Å². The van der Waals surface area contributed by atoms with Gasteiger partial charge in [0.05, 0.1) is 5.69 Å². The van der Waals surface area contributed by atoms with Crippen LogP contribution in [0.4, 0.5) is 17.1 Å². The average Bonchev–Trinajstić information content (AvgIpc) is 2.84. The molecule has 0 bridgehead atoms. The molecule has 0 fully saturated rings. The number of hydrogen-bond acceptors (Lipinski definition) is 2. The Morgan fingerprint density at radius 1 is 0.516 bits per heavy atom. The van der Waals surface area contributed by atoms with Crippen LogP contribution in [0, 0.1) is 0 Å². The van der Waals surface area contributed by atoms with E-state index >= 15 is 0 Å². The van der Waals surface area contributed by atoms with Crippen molar-refractivity contribution in [1.29, 1.82) is 0 Å². The predicted molar refractivity (Wildman–Crippen MR) is 130 cm³/mol. The summed E-state index contributed by atoms with van der Waals surface area (Å²) in [6.45, 7) is 0. The van der Waals surface area contributed by atoms with Crippen molar-refractivity contribution < 1.29 is 4.79 Å². The summed E-state index contributed by atoms with van der Waals surface area (Å²) < 4.78 is 0. The zero-order chi connectivity index (χ0) is 20.8. The third kappa shape index (κ3) is 2.77. The number of carbonyl (C=O) groups excluding carboxylic acids is 1. The largest absolute Gasteiger partial charge is 0.310 e. The fourth-order valence-corrected chi connectivity index (χ4v) is 4.62. The number of rotatable bonds is 4. The van der Waals surface area contributed by atoms with E-state index in [0.717, 1.165) is 23.3 Å². The molecular weight excluding hydrogens is 378 g/mol. The Hall–Kier alpha value is -4.17. The highest BCUT2D eigenvalue weighted by Crippen LogP contribution is 2.43. The molecule has 0 amide bonds. The lowest BCUT2D eigenvalue weighted by atomic mass is 9.93. The van der Waals surface area contributed by atoms with Crippen molar-refractivity contribution in [3.8, 4) is 0 Å². The van der Waals surface area contributed by atoms with Gasteiger partial charge in [0.1, 0.15) is 6.29 Å². The first kappa shape index (κ1) is 17.7. The molecule has 0 radical (unpaired) electrons. The van der Waals surface area contributed by atoms with Gasteiger partial charge in [0, 0.05) is 22.3 Å². The van der Waals surface area contributed by atoms with E-state index in [1.807, 2.05) is 30.3 Å². The van der Waals surface area contributed by atoms with E-state index in [-0.39, 0.29) is 0 Å². The first-order valence-corrected chi connectivity index (χ1v) is 10.4. The molecule has 0 aliphatic heterocycles. The molecule has 0 atom stereocenters. The Kier molecular flexibility index (Phi) is 3.97. The average molecular weight is 397 g/mol. The summed E-state index contributed by atoms with van der Waals surface area (Å²) in [5.74, 6) is 0. The Morgan fingerprint density at radius 2 is 1.13 bits per heavy atom. The van der Waals surface area contributed by atoms with Gasteiger partial charge >= 0.3 is 0 Å². The molecule has 6 aromatic carbocycles. The quantitative estimate of drug-likeness (QED) is 0.223. The van der Waals surface area contributed by atoms with Gasteiger partial charge in [0.25, 0.3) is 0 Å². The van der Waals surface area contributed by atoms with Crippen LogP contribution in [0.25, 0.3) is 32.3 Å². The summed E-state index contributed by atoms with van der Waals surface area (Å²) in [6, 6.07) is 37.9. The van der Waals surface area contributed by atoms with Crippen LogP contribution in [0.2, 0.25) is 0 Å². The number of carbonyl (C=O) groups is 1. The van der Waals surface area contributed by atoms with Gasteiger partial charge < -0.3 is 4.90 Å². The molecule has 0 spiro atoms. The summed E-state index contributed by atoms with van der Waals surface area (Å²) in [4.78, 5) is 13.4. The molecule has 146 valence electrons. The molecule has 0 aromatic heterocycles. The SMILES string of the molecule is O=Cc1ccc(N(c2ccccc2)c2ccc3ccc4cccc5ccc2c3c45)cc1. The number of para-hydroxylation sites is 1. The van der Waals surface area contributed by atoms with Crippen LogP contribution in [-0.2, 0) is 0 Å². The third-order valence-corrected chi connectivity index (χ3v) is 6.05. The number of hydrogen-bond donors (Lipinski definition) is 0. The minimum atomic E-state index is 0.673. The predicted octanol–water partition coefficient (Wildman–Crippen LogP) is 7.87. The minimum Gasteiger partial charge on any atom is -0.310 e. The minimum absolute atomic E-state index is 0.673. The smallest absolute Gasteiger partial charge is 0.150 e. The van der Waals surface area contributed by atoms with E-state index in [4.69, 9.17) is 0 Å². The fourth-order valence-electron chi connectivity index (χ4n) is 4.62. The second-order valence-corrected chi connectivity index (χ2v) is 7.82. The normalized spacial score (nSPS) is 11.4. The molecule has 0 aliphatic rings. The maximum absolute atomic E-state index is 11.2. The summed E-state index contributed by atoms with van der Waals surface area (Å²) >= 11 is 0. The Labute approximate surface area is 180 Å². The molecule has 0 saturated heterocycles. The van der Waals surface area contributed by atoms with Gasteiger partial charge in [-0.05, 0) is 69.4 Å². The van der Waals surface area contributed by atoms with Gasteiger partial charge in [-0.2, -0.15) is 0 Å². The summed E-state index contributed by atoms with van der Waals surface area (Å²) in [5.41, 5.74) is 3.89. The van der Waals surface area contributed by atoms with Gasteiger partial charge in [-0.1, -0.05) is 66.7 Å². The van der Waals surface area contributed by atoms with Crippen LogP contribution >= 0.6 is 0 Å². The van der Waals surface area contributed by atoms with Crippen LogP contribution in [0.5, 0.6) is 0 Å². The molecule has 31 heavy (non-hydrogen) atoms. The van der Waals surface area contributed by atoms with Crippen molar-refractivity contribution in [1.82, 2.24) is 0 Å². The van der Waals surface area contributed by atoms with Crippen molar-refractivity contribution in [3.05, 3.63) is 115 Å². The van der Waals surface area contributed by atoms with Crippen molar-refractivity contribution in [3.63, 3.8) is 0 Å². The lowest BCUT2D eigenvalue weighted by Gasteiger charge is -2.27. The maximum atomic E-state index is 11.2. The van der Waals surface area contributed by atoms with E-state index < -0.39 is 0 Å². The van der Waals surface area contributed by atoms with E-state index in [0.29, 0.717) is 5.56 Å². The monoisotopic (exact) mass is 397 g/mol. The molecule has 6 aromatic rings. The van der Waals surface area contributed by atoms with Crippen LogP contribution in [0.3, 0.4) is 0 Å². The fraction of sp³-hybridized carbons (Fsp3) is 0. The van der Waals surface area contributed by atoms with Crippen LogP contribution in [-0.4, -0.2) is 6.29 Å². The number of nitrogens with zero attached hydrogens (tertiary/aromatic N) is 1. The van der Waals surface area contributed by atoms with Gasteiger partial charge in [-0.25, -0.2) is 0 Å². The number of anilines is 3. The van der Waals surface area contributed by atoms with Gasteiger partial charge in [0.2, 0.25) is 0 Å². The highest BCUT2D eigenvalue weighted by molar-refractivity contribution is 6.25. The topological polar surface area (TPSA) is 20.3 Å². The summed E-state index contributed by atoms with van der Waals surface area (Å²) in [7, 11) is 0. The van der Waals surface area contributed by atoms with Crippen LogP contribution < -0.4 is 4.90 Å². The van der Waals surface area contributed by atoms with Crippen molar-refractivity contribution >= 4 is 55.7 Å². The number of benzene rings is 6. The second-order valence-electron chi connectivity index (χ2n) is 7.82. The van der Waals surface area contributed by atoms with Crippen molar-refractivity contribution in [2.75, 3.05) is 4.90 Å². The van der Waals surface area contributed by atoms with Gasteiger partial charge in [0.15, 0.2) is 0 Å². The zero-order valence-electron chi connectivity index (χ0n) is 16.8. The van der Waals surface area contributed by atoms with E-state index in [1.54, 1.807) is 0 Å². The molecular formula is C29H19NO. The van der Waals surface area contributed by atoms with E-state index in [1.165, 1.54) is 32.3 Å².